The van der Waals surface area contributed by atoms with Gasteiger partial charge >= 0.3 is 0 Å². The second-order valence-corrected chi connectivity index (χ2v) is 4.66. The van der Waals surface area contributed by atoms with Gasteiger partial charge in [0, 0.05) is 6.04 Å². The average molecular weight is 229 g/mol. The average Bonchev–Trinajstić information content (AvgIpc) is 2.59. The van der Waals surface area contributed by atoms with E-state index in [0.717, 1.165) is 6.42 Å². The van der Waals surface area contributed by atoms with E-state index in [0.29, 0.717) is 23.4 Å². The van der Waals surface area contributed by atoms with Crippen molar-refractivity contribution in [3.8, 4) is 0 Å². The highest BCUT2D eigenvalue weighted by molar-refractivity contribution is 6.30. The molecule has 1 aliphatic rings. The lowest BCUT2D eigenvalue weighted by atomic mass is 10.0. The Labute approximate surface area is 103 Å². The third-order valence-electron chi connectivity index (χ3n) is 3.26. The van der Waals surface area contributed by atoms with Crippen LogP contribution in [0.1, 0.15) is 20.3 Å². The number of carbonyl (C=O) groups is 1. The van der Waals surface area contributed by atoms with Crippen LogP contribution in [0.4, 0.5) is 5.82 Å². The third-order valence-corrected chi connectivity index (χ3v) is 3.26. The van der Waals surface area contributed by atoms with E-state index in [2.05, 4.69) is 29.5 Å². The summed E-state index contributed by atoms with van der Waals surface area (Å²) in [5.41, 5.74) is 0.406. The summed E-state index contributed by atoms with van der Waals surface area (Å²) in [6, 6.07) is 5.43. The van der Waals surface area contributed by atoms with Crippen molar-refractivity contribution in [2.75, 3.05) is 5.32 Å². The summed E-state index contributed by atoms with van der Waals surface area (Å²) in [7, 11) is 5.55. The maximum atomic E-state index is 12.0. The van der Waals surface area contributed by atoms with Crippen molar-refractivity contribution in [1.29, 1.82) is 0 Å². The second kappa shape index (κ2) is 4.88. The van der Waals surface area contributed by atoms with E-state index in [4.69, 9.17) is 7.85 Å². The first-order chi connectivity index (χ1) is 8.06. The van der Waals surface area contributed by atoms with Crippen molar-refractivity contribution in [3.05, 3.63) is 18.2 Å². The third kappa shape index (κ3) is 2.85. The standard InChI is InChI=1S/C12H16BN3O/c1-7-6-9(14-8(7)2)12(17)16-11-5-3-4-10(13)15-11/h3-5,7-9,14H,6H2,1-2H3,(H,15,16,17)/t7-,8-,9+/m1/s1. The summed E-state index contributed by atoms with van der Waals surface area (Å²) in [6.45, 7) is 4.24. The molecule has 2 rings (SSSR count). The molecule has 3 atom stereocenters. The van der Waals surface area contributed by atoms with Gasteiger partial charge in [-0.15, -0.1) is 0 Å². The van der Waals surface area contributed by atoms with E-state index < -0.39 is 0 Å². The summed E-state index contributed by atoms with van der Waals surface area (Å²) in [5.74, 6) is 0.975. The molecule has 1 fully saturated rings. The molecule has 1 saturated heterocycles. The number of aromatic nitrogens is 1. The molecule has 2 heterocycles. The van der Waals surface area contributed by atoms with Crippen molar-refractivity contribution in [2.45, 2.75) is 32.4 Å². The molecule has 2 radical (unpaired) electrons. The van der Waals surface area contributed by atoms with Crippen molar-refractivity contribution in [1.82, 2.24) is 10.3 Å². The van der Waals surface area contributed by atoms with Crippen LogP contribution in [0.2, 0.25) is 0 Å². The number of carbonyl (C=O) groups excluding carboxylic acids is 1. The number of nitrogens with one attached hydrogen (secondary N) is 2. The largest absolute Gasteiger partial charge is 0.309 e. The van der Waals surface area contributed by atoms with Gasteiger partial charge in [-0.3, -0.25) is 4.79 Å². The zero-order chi connectivity index (χ0) is 12.4. The smallest absolute Gasteiger partial charge is 0.242 e. The second-order valence-electron chi connectivity index (χ2n) is 4.66. The van der Waals surface area contributed by atoms with Gasteiger partial charge in [0.2, 0.25) is 5.91 Å². The number of nitrogens with zero attached hydrogens (tertiary/aromatic N) is 1. The highest BCUT2D eigenvalue weighted by Crippen LogP contribution is 2.20. The monoisotopic (exact) mass is 229 g/mol. The first-order valence-corrected chi connectivity index (χ1v) is 5.85. The molecule has 4 nitrogen and oxygen atoms in total. The first kappa shape index (κ1) is 12.1. The number of rotatable bonds is 2. The van der Waals surface area contributed by atoms with E-state index in [9.17, 15) is 4.79 Å². The van der Waals surface area contributed by atoms with Crippen molar-refractivity contribution in [3.63, 3.8) is 0 Å². The number of anilines is 1. The normalized spacial score (nSPS) is 28.0. The zero-order valence-corrected chi connectivity index (χ0v) is 10.1. The van der Waals surface area contributed by atoms with E-state index in [1.54, 1.807) is 18.2 Å². The van der Waals surface area contributed by atoms with Crippen LogP contribution in [0.5, 0.6) is 0 Å². The molecule has 1 aromatic heterocycles. The Hall–Kier alpha value is -1.36. The molecule has 0 aromatic carbocycles. The first-order valence-electron chi connectivity index (χ1n) is 5.85. The fourth-order valence-corrected chi connectivity index (χ4v) is 2.04. The topological polar surface area (TPSA) is 54.0 Å². The van der Waals surface area contributed by atoms with Crippen molar-refractivity contribution in [2.24, 2.45) is 5.92 Å². The molecule has 2 N–H and O–H groups in total. The minimum absolute atomic E-state index is 0.0423. The summed E-state index contributed by atoms with van der Waals surface area (Å²) in [4.78, 5) is 16.0. The molecule has 0 saturated carbocycles. The van der Waals surface area contributed by atoms with Gasteiger partial charge in [-0.1, -0.05) is 19.1 Å². The summed E-state index contributed by atoms with van der Waals surface area (Å²) < 4.78 is 0. The Kier molecular flexibility index (Phi) is 3.47. The number of pyridine rings is 1. The minimum atomic E-state index is -0.136. The molecule has 0 aliphatic carbocycles. The van der Waals surface area contributed by atoms with Crippen LogP contribution in [0.25, 0.3) is 0 Å². The predicted octanol–water partition coefficient (Wildman–Crippen LogP) is 0.200. The number of amides is 1. The van der Waals surface area contributed by atoms with E-state index >= 15 is 0 Å². The maximum Gasteiger partial charge on any atom is 0.242 e. The van der Waals surface area contributed by atoms with Crippen LogP contribution in [0.3, 0.4) is 0 Å². The highest BCUT2D eigenvalue weighted by Gasteiger charge is 2.32. The molecule has 1 amide bonds. The fraction of sp³-hybridized carbons (Fsp3) is 0.500. The maximum absolute atomic E-state index is 12.0. The molecule has 17 heavy (non-hydrogen) atoms. The molecule has 1 aliphatic heterocycles. The molecule has 88 valence electrons. The molecule has 0 unspecified atom stereocenters. The van der Waals surface area contributed by atoms with Crippen molar-refractivity contribution < 1.29 is 4.79 Å². The van der Waals surface area contributed by atoms with E-state index in [1.807, 2.05) is 0 Å². The van der Waals surface area contributed by atoms with E-state index in [-0.39, 0.29) is 11.9 Å². The SMILES string of the molecule is [B]c1cccc(NC(=O)[C@@H]2C[C@@H](C)[C@@H](C)N2)n1. The Balaban J connectivity index is 1.98. The van der Waals surface area contributed by atoms with Gasteiger partial charge < -0.3 is 10.6 Å². The van der Waals surface area contributed by atoms with Gasteiger partial charge in [-0.05, 0) is 30.9 Å². The summed E-state index contributed by atoms with van der Waals surface area (Å²) in [5, 5.41) is 6.04. The van der Waals surface area contributed by atoms with Crippen LogP contribution in [0, 0.1) is 5.92 Å². The Morgan fingerprint density at radius 2 is 2.29 bits per heavy atom. The summed E-state index contributed by atoms with van der Waals surface area (Å²) >= 11 is 0. The van der Waals surface area contributed by atoms with E-state index in [1.165, 1.54) is 0 Å². The van der Waals surface area contributed by atoms with Gasteiger partial charge in [0.15, 0.2) is 0 Å². The van der Waals surface area contributed by atoms with Gasteiger partial charge in [-0.2, -0.15) is 0 Å². The molecule has 0 bridgehead atoms. The molecular weight excluding hydrogens is 213 g/mol. The number of hydrogen-bond acceptors (Lipinski definition) is 3. The Morgan fingerprint density at radius 3 is 2.88 bits per heavy atom. The lowest BCUT2D eigenvalue weighted by molar-refractivity contribution is -0.117. The molecule has 5 heteroatoms. The Morgan fingerprint density at radius 1 is 1.53 bits per heavy atom. The van der Waals surface area contributed by atoms with Crippen molar-refractivity contribution >= 4 is 25.2 Å². The van der Waals surface area contributed by atoms with Gasteiger partial charge in [0.25, 0.3) is 0 Å². The van der Waals surface area contributed by atoms with Crippen LogP contribution in [-0.2, 0) is 4.79 Å². The van der Waals surface area contributed by atoms with Crippen LogP contribution in [0.15, 0.2) is 18.2 Å². The number of hydrogen-bond donors (Lipinski definition) is 2. The van der Waals surface area contributed by atoms with Crippen LogP contribution < -0.4 is 16.2 Å². The molecule has 0 spiro atoms. The summed E-state index contributed by atoms with van der Waals surface area (Å²) in [6.07, 6.45) is 0.856. The molecular formula is C12H16BN3O. The minimum Gasteiger partial charge on any atom is -0.309 e. The van der Waals surface area contributed by atoms with Crippen LogP contribution >= 0.6 is 0 Å². The molecule has 1 aromatic rings. The lowest BCUT2D eigenvalue weighted by Crippen LogP contribution is -2.38. The van der Waals surface area contributed by atoms with Crippen LogP contribution in [-0.4, -0.2) is 30.8 Å². The predicted molar refractivity (Wildman–Crippen MR) is 68.4 cm³/mol. The van der Waals surface area contributed by atoms with Gasteiger partial charge in [-0.25, -0.2) is 4.98 Å². The van der Waals surface area contributed by atoms with Gasteiger partial charge in [0.05, 0.1) is 6.04 Å². The fourth-order valence-electron chi connectivity index (χ4n) is 2.04. The lowest BCUT2D eigenvalue weighted by Gasteiger charge is -2.12. The zero-order valence-electron chi connectivity index (χ0n) is 10.1. The Bertz CT molecular complexity index is 414. The van der Waals surface area contributed by atoms with Gasteiger partial charge in [0.1, 0.15) is 13.7 Å². The highest BCUT2D eigenvalue weighted by atomic mass is 16.2. The quantitative estimate of drug-likeness (QED) is 0.712.